The molecule has 0 bridgehead atoms. The van der Waals surface area contributed by atoms with Crippen molar-refractivity contribution in [2.24, 2.45) is 5.11 Å². The number of amides is 2. The van der Waals surface area contributed by atoms with E-state index >= 15 is 0 Å². The second-order valence-corrected chi connectivity index (χ2v) is 3.14. The molecule has 1 aromatic carbocycles. The van der Waals surface area contributed by atoms with Crippen molar-refractivity contribution in [2.45, 2.75) is 0 Å². The summed E-state index contributed by atoms with van der Waals surface area (Å²) in [5, 5.41) is 18.6. The van der Waals surface area contributed by atoms with E-state index in [0.717, 1.165) is 0 Å². The van der Waals surface area contributed by atoms with Gasteiger partial charge in [0, 0.05) is 35.8 Å². The number of carbonyl (C=O) groups is 1. The first-order chi connectivity index (χ1) is 8.63. The Morgan fingerprint density at radius 2 is 2.11 bits per heavy atom. The maximum atomic E-state index is 11.3. The normalized spacial score (nSPS) is 9.11. The van der Waals surface area contributed by atoms with E-state index in [1.54, 1.807) is 0 Å². The quantitative estimate of drug-likeness (QED) is 0.207. The number of rotatable bonds is 5. The number of urea groups is 1. The SMILES string of the molecule is [N-]=[N+]=NCCNC(=O)Nc1ccc([N+](=O)[O-])cc1. The average molecular weight is 250 g/mol. The number of carbonyl (C=O) groups excluding carboxylic acids is 1. The van der Waals surface area contributed by atoms with Gasteiger partial charge in [0.05, 0.1) is 4.92 Å². The van der Waals surface area contributed by atoms with E-state index in [4.69, 9.17) is 5.53 Å². The highest BCUT2D eigenvalue weighted by Gasteiger charge is 2.05. The topological polar surface area (TPSA) is 133 Å². The Morgan fingerprint density at radius 1 is 1.44 bits per heavy atom. The monoisotopic (exact) mass is 250 g/mol. The lowest BCUT2D eigenvalue weighted by atomic mass is 10.3. The van der Waals surface area contributed by atoms with Crippen molar-refractivity contribution in [3.8, 4) is 0 Å². The predicted molar refractivity (Wildman–Crippen MR) is 64.1 cm³/mol. The maximum absolute atomic E-state index is 11.3. The molecular weight excluding hydrogens is 240 g/mol. The van der Waals surface area contributed by atoms with Gasteiger partial charge in [-0.2, -0.15) is 0 Å². The molecule has 9 heteroatoms. The molecule has 94 valence electrons. The van der Waals surface area contributed by atoms with Gasteiger partial charge in [0.1, 0.15) is 0 Å². The summed E-state index contributed by atoms with van der Waals surface area (Å²) in [5.41, 5.74) is 8.39. The van der Waals surface area contributed by atoms with E-state index in [1.807, 2.05) is 0 Å². The predicted octanol–water partition coefficient (Wildman–Crippen LogP) is 2.03. The fraction of sp³-hybridized carbons (Fsp3) is 0.222. The van der Waals surface area contributed by atoms with Gasteiger partial charge in [-0.05, 0) is 17.7 Å². The molecule has 0 radical (unpaired) electrons. The van der Waals surface area contributed by atoms with Crippen LogP contribution in [0.3, 0.4) is 0 Å². The number of nitro benzene ring substituents is 1. The van der Waals surface area contributed by atoms with Crippen LogP contribution in [0.1, 0.15) is 0 Å². The van der Waals surface area contributed by atoms with Crippen molar-refractivity contribution in [2.75, 3.05) is 18.4 Å². The van der Waals surface area contributed by atoms with Crippen LogP contribution >= 0.6 is 0 Å². The summed E-state index contributed by atoms with van der Waals surface area (Å²) in [6, 6.07) is 4.94. The van der Waals surface area contributed by atoms with Gasteiger partial charge in [0.25, 0.3) is 5.69 Å². The highest BCUT2D eigenvalue weighted by molar-refractivity contribution is 5.89. The highest BCUT2D eigenvalue weighted by atomic mass is 16.6. The molecule has 0 spiro atoms. The Morgan fingerprint density at radius 3 is 2.67 bits per heavy atom. The summed E-state index contributed by atoms with van der Waals surface area (Å²) >= 11 is 0. The van der Waals surface area contributed by atoms with Crippen LogP contribution in [0.5, 0.6) is 0 Å². The Labute approximate surface area is 102 Å². The molecule has 0 saturated heterocycles. The Balaban J connectivity index is 2.44. The summed E-state index contributed by atoms with van der Waals surface area (Å²) < 4.78 is 0. The van der Waals surface area contributed by atoms with E-state index in [2.05, 4.69) is 20.7 Å². The number of benzene rings is 1. The summed E-state index contributed by atoms with van der Waals surface area (Å²) in [5.74, 6) is 0. The van der Waals surface area contributed by atoms with Crippen molar-refractivity contribution >= 4 is 17.4 Å². The van der Waals surface area contributed by atoms with Gasteiger partial charge in [-0.1, -0.05) is 5.11 Å². The molecule has 0 aliphatic carbocycles. The van der Waals surface area contributed by atoms with Gasteiger partial charge in [-0.15, -0.1) is 0 Å². The lowest BCUT2D eigenvalue weighted by Gasteiger charge is -2.05. The third kappa shape index (κ3) is 4.37. The number of nitro groups is 1. The molecule has 0 aromatic heterocycles. The first-order valence-electron chi connectivity index (χ1n) is 4.93. The first-order valence-corrected chi connectivity index (χ1v) is 4.93. The smallest absolute Gasteiger partial charge is 0.319 e. The summed E-state index contributed by atoms with van der Waals surface area (Å²) in [6.45, 7) is 0.368. The van der Waals surface area contributed by atoms with Gasteiger partial charge >= 0.3 is 6.03 Å². The van der Waals surface area contributed by atoms with E-state index in [-0.39, 0.29) is 18.8 Å². The highest BCUT2D eigenvalue weighted by Crippen LogP contribution is 2.14. The fourth-order valence-corrected chi connectivity index (χ4v) is 1.11. The molecular formula is C9H10N6O3. The van der Waals surface area contributed by atoms with Crippen LogP contribution in [0.25, 0.3) is 10.4 Å². The molecule has 9 nitrogen and oxygen atoms in total. The first kappa shape index (κ1) is 13.3. The summed E-state index contributed by atoms with van der Waals surface area (Å²) in [4.78, 5) is 23.7. The van der Waals surface area contributed by atoms with E-state index < -0.39 is 11.0 Å². The minimum absolute atomic E-state index is 0.0516. The molecule has 1 rings (SSSR count). The zero-order chi connectivity index (χ0) is 13.4. The van der Waals surface area contributed by atoms with E-state index in [9.17, 15) is 14.9 Å². The molecule has 2 N–H and O–H groups in total. The maximum Gasteiger partial charge on any atom is 0.319 e. The van der Waals surface area contributed by atoms with Crippen LogP contribution in [-0.4, -0.2) is 24.0 Å². The van der Waals surface area contributed by atoms with Crippen LogP contribution in [0.4, 0.5) is 16.2 Å². The molecule has 0 fully saturated rings. The number of nitrogens with one attached hydrogen (secondary N) is 2. The molecule has 2 amide bonds. The number of nitrogens with zero attached hydrogens (tertiary/aromatic N) is 4. The third-order valence-corrected chi connectivity index (χ3v) is 1.90. The van der Waals surface area contributed by atoms with Gasteiger partial charge < -0.3 is 10.6 Å². The third-order valence-electron chi connectivity index (χ3n) is 1.90. The van der Waals surface area contributed by atoms with Gasteiger partial charge in [0.15, 0.2) is 0 Å². The Bertz CT molecular complexity index is 480. The van der Waals surface area contributed by atoms with E-state index in [0.29, 0.717) is 5.69 Å². The summed E-state index contributed by atoms with van der Waals surface area (Å²) in [7, 11) is 0. The lowest BCUT2D eigenvalue weighted by Crippen LogP contribution is -2.30. The second-order valence-electron chi connectivity index (χ2n) is 3.14. The minimum Gasteiger partial charge on any atom is -0.338 e. The van der Waals surface area contributed by atoms with Crippen LogP contribution in [0, 0.1) is 10.1 Å². The average Bonchev–Trinajstić information content (AvgIpc) is 2.35. The molecule has 0 saturated carbocycles. The number of hydrogen-bond donors (Lipinski definition) is 2. The van der Waals surface area contributed by atoms with E-state index in [1.165, 1.54) is 24.3 Å². The lowest BCUT2D eigenvalue weighted by molar-refractivity contribution is -0.384. The van der Waals surface area contributed by atoms with Crippen LogP contribution < -0.4 is 10.6 Å². The van der Waals surface area contributed by atoms with Crippen molar-refractivity contribution in [1.29, 1.82) is 0 Å². The molecule has 1 aromatic rings. The molecule has 18 heavy (non-hydrogen) atoms. The fourth-order valence-electron chi connectivity index (χ4n) is 1.11. The zero-order valence-electron chi connectivity index (χ0n) is 9.24. The van der Waals surface area contributed by atoms with Gasteiger partial charge in [-0.25, -0.2) is 4.79 Å². The number of anilines is 1. The van der Waals surface area contributed by atoms with Crippen molar-refractivity contribution in [1.82, 2.24) is 5.32 Å². The van der Waals surface area contributed by atoms with Gasteiger partial charge in [-0.3, -0.25) is 10.1 Å². The van der Waals surface area contributed by atoms with Crippen LogP contribution in [-0.2, 0) is 0 Å². The molecule has 0 atom stereocenters. The largest absolute Gasteiger partial charge is 0.338 e. The zero-order valence-corrected chi connectivity index (χ0v) is 9.24. The van der Waals surface area contributed by atoms with Crippen LogP contribution in [0.15, 0.2) is 29.4 Å². The second kappa shape index (κ2) is 6.71. The van der Waals surface area contributed by atoms with Crippen molar-refractivity contribution in [3.63, 3.8) is 0 Å². The standard InChI is InChI=1S/C9H10N6O3/c10-14-12-6-5-11-9(16)13-7-1-3-8(4-2-7)15(17)18/h1-4H,5-6H2,(H2,11,13,16). The molecule has 0 aliphatic rings. The number of non-ortho nitro benzene ring substituents is 1. The molecule has 0 unspecified atom stereocenters. The Hall–Kier alpha value is -2.80. The minimum atomic E-state index is -0.524. The Kier molecular flexibility index (Phi) is 4.95. The number of azide groups is 1. The summed E-state index contributed by atoms with van der Waals surface area (Å²) in [6.07, 6.45) is 0. The van der Waals surface area contributed by atoms with Crippen LogP contribution in [0.2, 0.25) is 0 Å². The molecule has 0 heterocycles. The number of hydrogen-bond acceptors (Lipinski definition) is 4. The van der Waals surface area contributed by atoms with Gasteiger partial charge in [0.2, 0.25) is 0 Å². The van der Waals surface area contributed by atoms with Crippen molar-refractivity contribution < 1.29 is 9.72 Å². The van der Waals surface area contributed by atoms with Crippen molar-refractivity contribution in [3.05, 3.63) is 44.8 Å². The molecule has 0 aliphatic heterocycles.